The second-order valence-corrected chi connectivity index (χ2v) is 9.66. The first kappa shape index (κ1) is 24.5. The zero-order valence-corrected chi connectivity index (χ0v) is 20.6. The first-order valence-corrected chi connectivity index (χ1v) is 12.2. The molecule has 8 heteroatoms. The van der Waals surface area contributed by atoms with Crippen LogP contribution >= 0.6 is 11.6 Å². The van der Waals surface area contributed by atoms with Gasteiger partial charge < -0.3 is 19.8 Å². The summed E-state index contributed by atoms with van der Waals surface area (Å²) in [6, 6.07) is 15.2. The molecule has 0 aromatic heterocycles. The van der Waals surface area contributed by atoms with E-state index in [4.69, 9.17) is 11.6 Å². The van der Waals surface area contributed by atoms with E-state index in [9.17, 15) is 14.7 Å². The first-order valence-electron chi connectivity index (χ1n) is 11.9. The van der Waals surface area contributed by atoms with Crippen molar-refractivity contribution in [3.05, 3.63) is 64.7 Å². The van der Waals surface area contributed by atoms with Crippen LogP contribution < -0.4 is 4.90 Å². The number of hydrogen-bond acceptors (Lipinski definition) is 5. The van der Waals surface area contributed by atoms with Gasteiger partial charge in [0.15, 0.2) is 6.10 Å². The molecule has 2 fully saturated rings. The molecule has 2 aliphatic rings. The van der Waals surface area contributed by atoms with Crippen molar-refractivity contribution in [3.63, 3.8) is 0 Å². The van der Waals surface area contributed by atoms with Crippen molar-refractivity contribution in [3.8, 4) is 0 Å². The van der Waals surface area contributed by atoms with Crippen LogP contribution in [0.5, 0.6) is 0 Å². The van der Waals surface area contributed by atoms with E-state index < -0.39 is 6.10 Å². The smallest absolute Gasteiger partial charge is 0.256 e. The van der Waals surface area contributed by atoms with Gasteiger partial charge in [-0.2, -0.15) is 0 Å². The molecule has 0 radical (unpaired) electrons. The number of carbonyl (C=O) groups excluding carboxylic acids is 2. The number of hydrogen-bond donors (Lipinski definition) is 1. The average molecular weight is 485 g/mol. The molecule has 0 bridgehead atoms. The summed E-state index contributed by atoms with van der Waals surface area (Å²) in [6.45, 7) is 5.02. The van der Waals surface area contributed by atoms with E-state index in [-0.39, 0.29) is 11.8 Å². The van der Waals surface area contributed by atoms with Gasteiger partial charge in [-0.05, 0) is 36.6 Å². The SMILES string of the molecule is CN(C)C(=O)c1ccc(N2CCN(C3CCN(C(=O)C(O)c4ccccc4)CC3)CC2)cc1Cl. The van der Waals surface area contributed by atoms with Gasteiger partial charge in [-0.1, -0.05) is 41.9 Å². The van der Waals surface area contributed by atoms with Crippen LogP contribution in [0.2, 0.25) is 5.02 Å². The van der Waals surface area contributed by atoms with Crippen molar-refractivity contribution in [2.75, 3.05) is 58.3 Å². The third-order valence-electron chi connectivity index (χ3n) is 6.91. The number of halogens is 1. The molecule has 7 nitrogen and oxygen atoms in total. The Kier molecular flexibility index (Phi) is 7.76. The molecule has 2 aliphatic heterocycles. The number of piperidine rings is 1. The maximum atomic E-state index is 12.7. The number of benzene rings is 2. The van der Waals surface area contributed by atoms with Gasteiger partial charge in [0, 0.05) is 65.1 Å². The Morgan fingerprint density at radius 1 is 0.971 bits per heavy atom. The molecule has 1 unspecified atom stereocenters. The highest BCUT2D eigenvalue weighted by atomic mass is 35.5. The molecule has 0 saturated carbocycles. The zero-order valence-electron chi connectivity index (χ0n) is 19.9. The number of anilines is 1. The minimum absolute atomic E-state index is 0.0949. The van der Waals surface area contributed by atoms with Crippen LogP contribution in [0.15, 0.2) is 48.5 Å². The standard InChI is InChI=1S/C26H33ClN4O3/c1-28(2)25(33)22-9-8-21(18-23(22)27)30-16-14-29(15-17-30)20-10-12-31(13-11-20)26(34)24(32)19-6-4-3-5-7-19/h3-9,18,20,24,32H,10-17H2,1-2H3. The van der Waals surface area contributed by atoms with Crippen LogP contribution in [0.1, 0.15) is 34.9 Å². The number of piperazine rings is 1. The monoisotopic (exact) mass is 484 g/mol. The normalized spacial score (nSPS) is 18.6. The molecular formula is C26H33ClN4O3. The second-order valence-electron chi connectivity index (χ2n) is 9.26. The number of carbonyl (C=O) groups is 2. The van der Waals surface area contributed by atoms with E-state index in [2.05, 4.69) is 9.80 Å². The molecule has 1 N–H and O–H groups in total. The van der Waals surface area contributed by atoms with Crippen LogP contribution in [-0.4, -0.2) is 91.0 Å². The van der Waals surface area contributed by atoms with Crippen molar-refractivity contribution < 1.29 is 14.7 Å². The number of aliphatic hydroxyl groups is 1. The summed E-state index contributed by atoms with van der Waals surface area (Å²) in [4.78, 5) is 33.1. The van der Waals surface area contributed by atoms with Gasteiger partial charge in [0.25, 0.3) is 11.8 Å². The van der Waals surface area contributed by atoms with Crippen LogP contribution in [-0.2, 0) is 4.79 Å². The van der Waals surface area contributed by atoms with E-state index in [0.29, 0.717) is 35.3 Å². The Balaban J connectivity index is 1.27. The minimum Gasteiger partial charge on any atom is -0.378 e. The predicted octanol–water partition coefficient (Wildman–Crippen LogP) is 2.89. The van der Waals surface area contributed by atoms with Gasteiger partial charge in [-0.3, -0.25) is 14.5 Å². The Morgan fingerprint density at radius 3 is 2.21 bits per heavy atom. The van der Waals surface area contributed by atoms with Crippen molar-refractivity contribution >= 4 is 29.1 Å². The fourth-order valence-corrected chi connectivity index (χ4v) is 5.12. The highest BCUT2D eigenvalue weighted by Crippen LogP contribution is 2.27. The predicted molar refractivity (Wildman–Crippen MR) is 134 cm³/mol. The number of rotatable bonds is 5. The van der Waals surface area contributed by atoms with Crippen LogP contribution in [0.4, 0.5) is 5.69 Å². The highest BCUT2D eigenvalue weighted by Gasteiger charge is 2.31. The first-order chi connectivity index (χ1) is 16.3. The molecule has 182 valence electrons. The van der Waals surface area contributed by atoms with Gasteiger partial charge in [-0.25, -0.2) is 0 Å². The average Bonchev–Trinajstić information content (AvgIpc) is 2.88. The number of amides is 2. The summed E-state index contributed by atoms with van der Waals surface area (Å²) in [7, 11) is 3.44. The van der Waals surface area contributed by atoms with Crippen molar-refractivity contribution in [1.29, 1.82) is 0 Å². The second kappa shape index (κ2) is 10.8. The molecule has 34 heavy (non-hydrogen) atoms. The topological polar surface area (TPSA) is 67.3 Å². The van der Waals surface area contributed by atoms with Gasteiger partial charge in [0.2, 0.25) is 0 Å². The lowest BCUT2D eigenvalue weighted by Gasteiger charge is -2.43. The van der Waals surface area contributed by atoms with E-state index in [1.165, 1.54) is 4.90 Å². The lowest BCUT2D eigenvalue weighted by atomic mass is 10.0. The summed E-state index contributed by atoms with van der Waals surface area (Å²) in [5.41, 5.74) is 2.20. The quantitative estimate of drug-likeness (QED) is 0.706. The number of aliphatic hydroxyl groups excluding tert-OH is 1. The minimum atomic E-state index is -1.09. The third kappa shape index (κ3) is 5.37. The molecule has 0 spiro atoms. The number of nitrogens with zero attached hydrogens (tertiary/aromatic N) is 4. The summed E-state index contributed by atoms with van der Waals surface area (Å²) in [6.07, 6.45) is 0.744. The molecule has 2 aromatic rings. The Labute approximate surface area is 206 Å². The largest absolute Gasteiger partial charge is 0.378 e. The summed E-state index contributed by atoms with van der Waals surface area (Å²) < 4.78 is 0. The van der Waals surface area contributed by atoms with E-state index >= 15 is 0 Å². The van der Waals surface area contributed by atoms with Gasteiger partial charge >= 0.3 is 0 Å². The number of likely N-dealkylation sites (tertiary alicyclic amines) is 1. The molecule has 2 amide bonds. The van der Waals surface area contributed by atoms with Crippen LogP contribution in [0.25, 0.3) is 0 Å². The van der Waals surface area contributed by atoms with E-state index in [1.54, 1.807) is 31.1 Å². The highest BCUT2D eigenvalue weighted by molar-refractivity contribution is 6.34. The van der Waals surface area contributed by atoms with Gasteiger partial charge in [0.05, 0.1) is 10.6 Å². The van der Waals surface area contributed by atoms with Crippen LogP contribution in [0, 0.1) is 0 Å². The fraction of sp³-hybridized carbons (Fsp3) is 0.462. The zero-order chi connectivity index (χ0) is 24.2. The Bertz CT molecular complexity index is 1000. The Morgan fingerprint density at radius 2 is 1.62 bits per heavy atom. The molecule has 1 atom stereocenters. The summed E-state index contributed by atoms with van der Waals surface area (Å²) in [5, 5.41) is 10.9. The third-order valence-corrected chi connectivity index (χ3v) is 7.22. The lowest BCUT2D eigenvalue weighted by molar-refractivity contribution is -0.142. The van der Waals surface area contributed by atoms with E-state index in [1.807, 2.05) is 36.4 Å². The molecule has 4 rings (SSSR count). The summed E-state index contributed by atoms with van der Waals surface area (Å²) >= 11 is 6.40. The molecule has 2 saturated heterocycles. The van der Waals surface area contributed by atoms with Crippen molar-refractivity contribution in [1.82, 2.24) is 14.7 Å². The molecular weight excluding hydrogens is 452 g/mol. The van der Waals surface area contributed by atoms with Crippen molar-refractivity contribution in [2.45, 2.75) is 25.0 Å². The molecule has 0 aliphatic carbocycles. The fourth-order valence-electron chi connectivity index (χ4n) is 4.86. The maximum absolute atomic E-state index is 12.7. The van der Waals surface area contributed by atoms with E-state index in [0.717, 1.165) is 44.7 Å². The van der Waals surface area contributed by atoms with Crippen LogP contribution in [0.3, 0.4) is 0 Å². The van der Waals surface area contributed by atoms with Crippen molar-refractivity contribution in [2.24, 2.45) is 0 Å². The Hall–Kier alpha value is -2.61. The molecule has 2 aromatic carbocycles. The maximum Gasteiger partial charge on any atom is 0.256 e. The van der Waals surface area contributed by atoms with Gasteiger partial charge in [0.1, 0.15) is 0 Å². The molecule has 2 heterocycles. The van der Waals surface area contributed by atoms with Gasteiger partial charge in [-0.15, -0.1) is 0 Å². The summed E-state index contributed by atoms with van der Waals surface area (Å²) in [5.74, 6) is -0.301. The lowest BCUT2D eigenvalue weighted by Crippen LogP contribution is -2.54.